The van der Waals surface area contributed by atoms with Gasteiger partial charge >= 0.3 is 0 Å². The lowest BCUT2D eigenvalue weighted by Crippen LogP contribution is -2.40. The average molecular weight is 530 g/mol. The molecule has 0 unspecified atom stereocenters. The highest BCUT2D eigenvalue weighted by Crippen LogP contribution is 2.27. The van der Waals surface area contributed by atoms with Crippen molar-refractivity contribution in [2.45, 2.75) is 30.6 Å². The van der Waals surface area contributed by atoms with E-state index in [9.17, 15) is 21.6 Å². The number of rotatable bonds is 8. The zero-order valence-electron chi connectivity index (χ0n) is 19.2. The Morgan fingerprint density at radius 3 is 2.26 bits per heavy atom. The molecule has 2 aromatic rings. The summed E-state index contributed by atoms with van der Waals surface area (Å²) in [6.07, 6.45) is 0. The number of nitrogens with zero attached hydrogens (tertiary/aromatic N) is 2. The van der Waals surface area contributed by atoms with Crippen molar-refractivity contribution < 1.29 is 26.4 Å². The number of aryl methyl sites for hydroxylation is 1. The smallest absolute Gasteiger partial charge is 0.257 e. The summed E-state index contributed by atoms with van der Waals surface area (Å²) in [4.78, 5) is 13.0. The molecule has 1 aliphatic rings. The largest absolute Gasteiger partial charge is 0.379 e. The van der Waals surface area contributed by atoms with Crippen molar-refractivity contribution in [3.8, 4) is 0 Å². The molecule has 1 N–H and O–H groups in total. The zero-order valence-corrected chi connectivity index (χ0v) is 21.6. The lowest BCUT2D eigenvalue weighted by atomic mass is 10.1. The monoisotopic (exact) mass is 529 g/mol. The van der Waals surface area contributed by atoms with Crippen LogP contribution in [0.25, 0.3) is 0 Å². The molecule has 1 saturated heterocycles. The van der Waals surface area contributed by atoms with Crippen LogP contribution in [-0.4, -0.2) is 70.7 Å². The van der Waals surface area contributed by atoms with Crippen LogP contribution in [0.4, 0.5) is 5.69 Å². The number of amides is 1. The van der Waals surface area contributed by atoms with Gasteiger partial charge < -0.3 is 10.1 Å². The number of anilines is 1. The third-order valence-electron chi connectivity index (χ3n) is 5.59. The van der Waals surface area contributed by atoms with Crippen molar-refractivity contribution in [2.75, 3.05) is 44.7 Å². The molecular formula is C22H28ClN3O6S2. The van der Waals surface area contributed by atoms with Crippen LogP contribution in [0.3, 0.4) is 0 Å². The summed E-state index contributed by atoms with van der Waals surface area (Å²) in [5, 5.41) is 2.75. The molecule has 186 valence electrons. The van der Waals surface area contributed by atoms with E-state index in [-0.39, 0.29) is 52.2 Å². The normalized spacial score (nSPS) is 15.4. The molecular weight excluding hydrogens is 502 g/mol. The predicted octanol–water partition coefficient (Wildman–Crippen LogP) is 2.95. The van der Waals surface area contributed by atoms with Gasteiger partial charge in [-0.25, -0.2) is 16.8 Å². The first-order chi connectivity index (χ1) is 16.0. The van der Waals surface area contributed by atoms with Gasteiger partial charge in [0, 0.05) is 31.9 Å². The van der Waals surface area contributed by atoms with Crippen molar-refractivity contribution in [3.05, 3.63) is 52.5 Å². The molecule has 0 atom stereocenters. The summed E-state index contributed by atoms with van der Waals surface area (Å²) in [6, 6.07) is 8.43. The molecule has 0 bridgehead atoms. The Bertz CT molecular complexity index is 1270. The first-order valence-corrected chi connectivity index (χ1v) is 14.1. The third kappa shape index (κ3) is 5.45. The molecule has 0 radical (unpaired) electrons. The Hall–Kier alpha value is -2.02. The summed E-state index contributed by atoms with van der Waals surface area (Å²) in [7, 11) is -7.55. The van der Waals surface area contributed by atoms with Crippen molar-refractivity contribution in [2.24, 2.45) is 0 Å². The van der Waals surface area contributed by atoms with Crippen LogP contribution in [0.15, 0.2) is 46.2 Å². The first-order valence-electron chi connectivity index (χ1n) is 10.8. The molecule has 12 heteroatoms. The number of halogens is 1. The Morgan fingerprint density at radius 1 is 1.03 bits per heavy atom. The quantitative estimate of drug-likeness (QED) is 0.562. The molecule has 0 aliphatic carbocycles. The fourth-order valence-corrected chi connectivity index (χ4v) is 6.70. The topological polar surface area (TPSA) is 113 Å². The number of benzene rings is 2. The number of morpholine rings is 1. The van der Waals surface area contributed by atoms with Crippen LogP contribution in [-0.2, 0) is 24.8 Å². The van der Waals surface area contributed by atoms with E-state index in [0.717, 1.165) is 0 Å². The first kappa shape index (κ1) is 26.6. The fourth-order valence-electron chi connectivity index (χ4n) is 3.57. The maximum Gasteiger partial charge on any atom is 0.257 e. The number of hydrogen-bond acceptors (Lipinski definition) is 6. The van der Waals surface area contributed by atoms with Crippen molar-refractivity contribution >= 4 is 43.2 Å². The van der Waals surface area contributed by atoms with E-state index in [1.807, 2.05) is 0 Å². The zero-order chi connectivity index (χ0) is 25.1. The minimum Gasteiger partial charge on any atom is -0.379 e. The summed E-state index contributed by atoms with van der Waals surface area (Å²) in [5.74, 6) is -0.648. The van der Waals surface area contributed by atoms with E-state index >= 15 is 0 Å². The summed E-state index contributed by atoms with van der Waals surface area (Å²) >= 11 is 6.22. The number of ether oxygens (including phenoxy) is 1. The maximum atomic E-state index is 13.1. The molecule has 3 rings (SSSR count). The maximum absolute atomic E-state index is 13.1. The highest BCUT2D eigenvalue weighted by molar-refractivity contribution is 7.89. The third-order valence-corrected chi connectivity index (χ3v) is 9.86. The van der Waals surface area contributed by atoms with Gasteiger partial charge in [-0.05, 0) is 42.8 Å². The SMILES string of the molecule is CCN(CC)S(=O)(=O)c1ccc(Cl)c(C(=O)Nc2cc(S(=O)(=O)N3CCOCC3)ccc2C)c1. The van der Waals surface area contributed by atoms with Gasteiger partial charge in [0.1, 0.15) is 0 Å². The number of hydrogen-bond donors (Lipinski definition) is 1. The van der Waals surface area contributed by atoms with E-state index in [0.29, 0.717) is 18.8 Å². The molecule has 0 saturated carbocycles. The Kier molecular flexibility index (Phi) is 8.38. The van der Waals surface area contributed by atoms with Gasteiger partial charge in [0.15, 0.2) is 0 Å². The molecule has 1 aliphatic heterocycles. The summed E-state index contributed by atoms with van der Waals surface area (Å²) in [6.45, 7) is 6.89. The number of nitrogens with one attached hydrogen (secondary N) is 1. The highest BCUT2D eigenvalue weighted by Gasteiger charge is 2.28. The van der Waals surface area contributed by atoms with Gasteiger partial charge in [0.2, 0.25) is 20.0 Å². The molecule has 34 heavy (non-hydrogen) atoms. The number of sulfonamides is 2. The second kappa shape index (κ2) is 10.7. The molecule has 0 spiro atoms. The van der Waals surface area contributed by atoms with E-state index in [1.165, 1.54) is 38.9 Å². The van der Waals surface area contributed by atoms with Crippen LogP contribution in [0, 0.1) is 6.92 Å². The Labute approximate surface area is 205 Å². The summed E-state index contributed by atoms with van der Waals surface area (Å²) < 4.78 is 59.6. The lowest BCUT2D eigenvalue weighted by molar-refractivity contribution is 0.0730. The van der Waals surface area contributed by atoms with Crippen molar-refractivity contribution in [1.82, 2.24) is 8.61 Å². The second-order valence-corrected chi connectivity index (χ2v) is 12.0. The van der Waals surface area contributed by atoms with Crippen molar-refractivity contribution in [1.29, 1.82) is 0 Å². The van der Waals surface area contributed by atoms with Crippen LogP contribution in [0.5, 0.6) is 0 Å². The average Bonchev–Trinajstić information content (AvgIpc) is 2.81. The summed E-state index contributed by atoms with van der Waals surface area (Å²) in [5.41, 5.74) is 0.889. The van der Waals surface area contributed by atoms with E-state index in [2.05, 4.69) is 5.32 Å². The minimum absolute atomic E-state index is 0.0317. The van der Waals surface area contributed by atoms with Crippen LogP contribution in [0.2, 0.25) is 5.02 Å². The van der Waals surface area contributed by atoms with Gasteiger partial charge in [-0.3, -0.25) is 4.79 Å². The van der Waals surface area contributed by atoms with E-state index < -0.39 is 26.0 Å². The van der Waals surface area contributed by atoms with Crippen LogP contribution >= 0.6 is 11.6 Å². The van der Waals surface area contributed by atoms with Gasteiger partial charge in [-0.2, -0.15) is 8.61 Å². The van der Waals surface area contributed by atoms with Crippen LogP contribution in [0.1, 0.15) is 29.8 Å². The van der Waals surface area contributed by atoms with E-state index in [4.69, 9.17) is 16.3 Å². The van der Waals surface area contributed by atoms with Gasteiger partial charge in [0.05, 0.1) is 33.6 Å². The Balaban J connectivity index is 1.92. The fraction of sp³-hybridized carbons (Fsp3) is 0.409. The Morgan fingerprint density at radius 2 is 1.65 bits per heavy atom. The molecule has 0 aromatic heterocycles. The predicted molar refractivity (Wildman–Crippen MR) is 130 cm³/mol. The number of carbonyl (C=O) groups is 1. The molecule has 9 nitrogen and oxygen atoms in total. The van der Waals surface area contributed by atoms with Gasteiger partial charge in [-0.15, -0.1) is 0 Å². The van der Waals surface area contributed by atoms with Crippen LogP contribution < -0.4 is 5.32 Å². The van der Waals surface area contributed by atoms with Crippen molar-refractivity contribution in [3.63, 3.8) is 0 Å². The lowest BCUT2D eigenvalue weighted by Gasteiger charge is -2.26. The van der Waals surface area contributed by atoms with Gasteiger partial charge in [0.25, 0.3) is 5.91 Å². The highest BCUT2D eigenvalue weighted by atomic mass is 35.5. The van der Waals surface area contributed by atoms with Gasteiger partial charge in [-0.1, -0.05) is 31.5 Å². The molecule has 1 amide bonds. The number of carbonyl (C=O) groups excluding carboxylic acids is 1. The standard InChI is InChI=1S/C22H28ClN3O6S2/c1-4-25(5-2)33(28,29)17-8-9-20(23)19(14-17)22(27)24-21-15-18(7-6-16(21)3)34(30,31)26-10-12-32-13-11-26/h6-9,14-15H,4-5,10-13H2,1-3H3,(H,24,27). The second-order valence-electron chi connectivity index (χ2n) is 7.68. The molecule has 2 aromatic carbocycles. The molecule has 1 heterocycles. The molecule has 1 fully saturated rings. The minimum atomic E-state index is -3.79. The van der Waals surface area contributed by atoms with E-state index in [1.54, 1.807) is 26.8 Å².